The van der Waals surface area contributed by atoms with Crippen molar-refractivity contribution in [3.05, 3.63) is 64.8 Å². The van der Waals surface area contributed by atoms with Crippen LogP contribution in [0.2, 0.25) is 0 Å². The number of nitrogens with zero attached hydrogens (tertiary/aromatic N) is 3. The number of nitrogens with one attached hydrogen (secondary N) is 1. The highest BCUT2D eigenvalue weighted by molar-refractivity contribution is 7.99. The van der Waals surface area contributed by atoms with Gasteiger partial charge in [0.1, 0.15) is 5.82 Å². The van der Waals surface area contributed by atoms with Crippen LogP contribution in [0.3, 0.4) is 0 Å². The Labute approximate surface area is 189 Å². The third-order valence-corrected chi connectivity index (χ3v) is 7.41. The van der Waals surface area contributed by atoms with Gasteiger partial charge in [0.2, 0.25) is 5.13 Å². The average molecular weight is 449 g/mol. The zero-order valence-electron chi connectivity index (χ0n) is 17.6. The number of rotatable bonds is 5. The highest BCUT2D eigenvalue weighted by Gasteiger charge is 2.17. The minimum absolute atomic E-state index is 0.147. The molecule has 7 heteroatoms. The van der Waals surface area contributed by atoms with Crippen molar-refractivity contribution < 1.29 is 4.79 Å². The van der Waals surface area contributed by atoms with Gasteiger partial charge in [-0.05, 0) is 85.9 Å². The van der Waals surface area contributed by atoms with Gasteiger partial charge in [0.25, 0.3) is 5.91 Å². The van der Waals surface area contributed by atoms with Crippen molar-refractivity contribution in [3.8, 4) is 5.13 Å². The Morgan fingerprint density at radius 1 is 1.13 bits per heavy atom. The van der Waals surface area contributed by atoms with Gasteiger partial charge >= 0.3 is 0 Å². The maximum absolute atomic E-state index is 12.8. The van der Waals surface area contributed by atoms with Gasteiger partial charge in [0, 0.05) is 16.5 Å². The molecule has 0 spiro atoms. The molecule has 1 aliphatic carbocycles. The quantitative estimate of drug-likeness (QED) is 0.379. The Morgan fingerprint density at radius 3 is 2.61 bits per heavy atom. The Balaban J connectivity index is 1.44. The molecule has 1 N–H and O–H groups in total. The van der Waals surface area contributed by atoms with E-state index in [0.29, 0.717) is 11.4 Å². The Bertz CT molecular complexity index is 1210. The average Bonchev–Trinajstić information content (AvgIpc) is 3.35. The topological polar surface area (TPSA) is 59.8 Å². The molecule has 2 aromatic carbocycles. The summed E-state index contributed by atoms with van der Waals surface area (Å²) >= 11 is 3.38. The highest BCUT2D eigenvalue weighted by atomic mass is 32.2. The Hall–Kier alpha value is -2.64. The zero-order valence-corrected chi connectivity index (χ0v) is 19.3. The number of carbonyl (C=O) groups is 1. The van der Waals surface area contributed by atoms with Gasteiger partial charge in [-0.2, -0.15) is 9.78 Å². The molecule has 0 atom stereocenters. The minimum atomic E-state index is -0.147. The first kappa shape index (κ1) is 20.3. The second-order valence-electron chi connectivity index (χ2n) is 7.79. The van der Waals surface area contributed by atoms with Gasteiger partial charge in [-0.3, -0.25) is 4.79 Å². The summed E-state index contributed by atoms with van der Waals surface area (Å²) in [7, 11) is 0. The second-order valence-corrected chi connectivity index (χ2v) is 10.1. The van der Waals surface area contributed by atoms with Crippen LogP contribution in [0, 0.1) is 6.92 Å². The van der Waals surface area contributed by atoms with E-state index in [4.69, 9.17) is 4.98 Å². The lowest BCUT2D eigenvalue weighted by Gasteiger charge is -2.14. The van der Waals surface area contributed by atoms with E-state index in [1.807, 2.05) is 37.3 Å². The number of carbonyl (C=O) groups excluding carboxylic acids is 1. The molecule has 158 valence electrons. The lowest BCUT2D eigenvalue weighted by molar-refractivity contribution is 0.102. The van der Waals surface area contributed by atoms with E-state index in [1.54, 1.807) is 27.8 Å². The molecule has 0 bridgehead atoms. The number of hydrogen-bond donors (Lipinski definition) is 1. The van der Waals surface area contributed by atoms with E-state index in [9.17, 15) is 4.79 Å². The molecular formula is C24H24N4OS2. The first-order chi connectivity index (χ1) is 15.1. The van der Waals surface area contributed by atoms with Crippen LogP contribution < -0.4 is 5.32 Å². The van der Waals surface area contributed by atoms with E-state index in [0.717, 1.165) is 39.8 Å². The van der Waals surface area contributed by atoms with Gasteiger partial charge < -0.3 is 5.32 Å². The third-order valence-electron chi connectivity index (χ3n) is 5.52. The zero-order chi connectivity index (χ0) is 21.4. The molecule has 5 nitrogen and oxygen atoms in total. The van der Waals surface area contributed by atoms with Crippen molar-refractivity contribution in [3.63, 3.8) is 0 Å². The van der Waals surface area contributed by atoms with Crippen molar-refractivity contribution in [2.45, 2.75) is 44.4 Å². The number of benzene rings is 2. The molecule has 1 aliphatic rings. The molecule has 0 saturated heterocycles. The van der Waals surface area contributed by atoms with E-state index in [-0.39, 0.29) is 5.91 Å². The second kappa shape index (κ2) is 8.48. The maximum Gasteiger partial charge on any atom is 0.256 e. The van der Waals surface area contributed by atoms with Gasteiger partial charge in [-0.15, -0.1) is 11.8 Å². The van der Waals surface area contributed by atoms with Crippen LogP contribution in [-0.2, 0) is 12.8 Å². The standard InChI is InChI=1S/C24H24N4OS2/c1-3-30-19-10-8-16(9-11-19)23(29)26-22-12-15(2)27-28(22)24-25-20-13-17-6-4-5-7-18(17)14-21(20)31-24/h8-14H,3-7H2,1-2H3,(H,26,29). The summed E-state index contributed by atoms with van der Waals surface area (Å²) in [5.74, 6) is 1.50. The number of thiazole rings is 1. The molecule has 1 amide bonds. The fourth-order valence-electron chi connectivity index (χ4n) is 4.03. The molecule has 31 heavy (non-hydrogen) atoms. The van der Waals surface area contributed by atoms with Crippen LogP contribution in [0.25, 0.3) is 15.3 Å². The van der Waals surface area contributed by atoms with Gasteiger partial charge in [0.05, 0.1) is 15.9 Å². The van der Waals surface area contributed by atoms with E-state index in [1.165, 1.54) is 28.7 Å². The first-order valence-corrected chi connectivity index (χ1v) is 12.4. The van der Waals surface area contributed by atoms with Gasteiger partial charge in [-0.1, -0.05) is 18.3 Å². The van der Waals surface area contributed by atoms with Crippen molar-refractivity contribution in [2.75, 3.05) is 11.1 Å². The lowest BCUT2D eigenvalue weighted by Crippen LogP contribution is -2.15. The smallest absolute Gasteiger partial charge is 0.256 e. The van der Waals surface area contributed by atoms with Crippen LogP contribution in [0.15, 0.2) is 47.4 Å². The molecule has 0 unspecified atom stereocenters. The summed E-state index contributed by atoms with van der Waals surface area (Å²) in [6.45, 7) is 4.04. The minimum Gasteiger partial charge on any atom is -0.306 e. The Kier molecular flexibility index (Phi) is 5.54. The SMILES string of the molecule is CCSc1ccc(C(=O)Nc2cc(C)nn2-c2nc3cc4c(cc3s2)CCCC4)cc1. The van der Waals surface area contributed by atoms with Crippen LogP contribution in [-0.4, -0.2) is 26.4 Å². The molecule has 0 radical (unpaired) electrons. The predicted molar refractivity (Wildman–Crippen MR) is 129 cm³/mol. The number of amides is 1. The molecular weight excluding hydrogens is 424 g/mol. The van der Waals surface area contributed by atoms with E-state index in [2.05, 4.69) is 29.5 Å². The number of aromatic nitrogens is 3. The molecule has 4 aromatic rings. The molecule has 0 aliphatic heterocycles. The summed E-state index contributed by atoms with van der Waals surface area (Å²) in [5, 5.41) is 8.40. The monoisotopic (exact) mass is 448 g/mol. The molecule has 0 saturated carbocycles. The molecule has 5 rings (SSSR count). The normalized spacial score (nSPS) is 13.4. The van der Waals surface area contributed by atoms with E-state index < -0.39 is 0 Å². The summed E-state index contributed by atoms with van der Waals surface area (Å²) in [5.41, 5.74) is 5.34. The molecule has 2 heterocycles. The number of hydrogen-bond acceptors (Lipinski definition) is 5. The summed E-state index contributed by atoms with van der Waals surface area (Å²) < 4.78 is 2.92. The van der Waals surface area contributed by atoms with Crippen LogP contribution in [0.4, 0.5) is 5.82 Å². The van der Waals surface area contributed by atoms with Crippen LogP contribution in [0.1, 0.15) is 46.9 Å². The summed E-state index contributed by atoms with van der Waals surface area (Å²) in [6.07, 6.45) is 4.80. The highest BCUT2D eigenvalue weighted by Crippen LogP contribution is 2.32. The van der Waals surface area contributed by atoms with Crippen molar-refractivity contribution in [2.24, 2.45) is 0 Å². The van der Waals surface area contributed by atoms with Crippen LogP contribution >= 0.6 is 23.1 Å². The largest absolute Gasteiger partial charge is 0.306 e. The number of aryl methyl sites for hydroxylation is 3. The van der Waals surface area contributed by atoms with Crippen molar-refractivity contribution in [1.29, 1.82) is 0 Å². The van der Waals surface area contributed by atoms with Crippen molar-refractivity contribution >= 4 is 45.0 Å². The van der Waals surface area contributed by atoms with Gasteiger partial charge in [-0.25, -0.2) is 4.98 Å². The van der Waals surface area contributed by atoms with Crippen LogP contribution in [0.5, 0.6) is 0 Å². The number of thioether (sulfide) groups is 1. The number of anilines is 1. The van der Waals surface area contributed by atoms with Crippen molar-refractivity contribution in [1.82, 2.24) is 14.8 Å². The predicted octanol–water partition coefficient (Wildman–Crippen LogP) is 6.03. The maximum atomic E-state index is 12.8. The fraction of sp³-hybridized carbons (Fsp3) is 0.292. The van der Waals surface area contributed by atoms with Gasteiger partial charge in [0.15, 0.2) is 0 Å². The molecule has 2 aromatic heterocycles. The molecule has 0 fully saturated rings. The fourth-order valence-corrected chi connectivity index (χ4v) is 5.66. The first-order valence-electron chi connectivity index (χ1n) is 10.6. The summed E-state index contributed by atoms with van der Waals surface area (Å²) in [6, 6.07) is 14.1. The number of fused-ring (bicyclic) bond motifs is 2. The van der Waals surface area contributed by atoms with E-state index >= 15 is 0 Å². The lowest BCUT2D eigenvalue weighted by atomic mass is 9.92. The summed E-state index contributed by atoms with van der Waals surface area (Å²) in [4.78, 5) is 18.9. The Morgan fingerprint density at radius 2 is 1.87 bits per heavy atom. The third kappa shape index (κ3) is 4.12.